The van der Waals surface area contributed by atoms with Gasteiger partial charge in [-0.05, 0) is 23.8 Å². The first-order valence-electron chi connectivity index (χ1n) is 6.17. The van der Waals surface area contributed by atoms with Gasteiger partial charge in [0.05, 0.1) is 24.3 Å². The summed E-state index contributed by atoms with van der Waals surface area (Å²) in [6, 6.07) is 9.01. The molecule has 1 amide bonds. The normalized spacial score (nSPS) is 12.1. The van der Waals surface area contributed by atoms with Gasteiger partial charge >= 0.3 is 0 Å². The third-order valence-corrected chi connectivity index (χ3v) is 2.65. The molecule has 0 spiro atoms. The zero-order valence-electron chi connectivity index (χ0n) is 11.6. The van der Waals surface area contributed by atoms with E-state index in [1.165, 1.54) is 18.1 Å². The second-order valence-electron chi connectivity index (χ2n) is 4.40. The first-order valence-corrected chi connectivity index (χ1v) is 6.17. The Hall–Kier alpha value is -2.16. The molecule has 0 saturated heterocycles. The maximum absolute atomic E-state index is 11.8. The molecular weight excluding hydrogens is 256 g/mol. The van der Waals surface area contributed by atoms with Gasteiger partial charge in [-0.15, -0.1) is 0 Å². The van der Waals surface area contributed by atoms with E-state index in [9.17, 15) is 9.90 Å². The lowest BCUT2D eigenvalue weighted by atomic mass is 10.1. The molecular formula is C15H18N2O3. The van der Waals surface area contributed by atoms with Crippen molar-refractivity contribution < 1.29 is 14.6 Å². The van der Waals surface area contributed by atoms with E-state index in [4.69, 9.17) is 10.00 Å². The zero-order valence-corrected chi connectivity index (χ0v) is 11.6. The molecule has 0 radical (unpaired) electrons. The zero-order chi connectivity index (χ0) is 15.0. The number of aliphatic hydroxyl groups excluding tert-OH is 1. The highest BCUT2D eigenvalue weighted by Gasteiger charge is 2.11. The van der Waals surface area contributed by atoms with Crippen LogP contribution in [0, 0.1) is 11.3 Å². The summed E-state index contributed by atoms with van der Waals surface area (Å²) < 4.78 is 4.80. The van der Waals surface area contributed by atoms with Crippen molar-refractivity contribution in [2.24, 2.45) is 0 Å². The molecule has 0 aromatic heterocycles. The maximum Gasteiger partial charge on any atom is 0.246 e. The number of methoxy groups -OCH3 is 1. The summed E-state index contributed by atoms with van der Waals surface area (Å²) in [5.74, 6) is -0.220. The van der Waals surface area contributed by atoms with Gasteiger partial charge in [-0.3, -0.25) is 4.79 Å². The number of nitriles is 1. The number of hydrogen-bond acceptors (Lipinski definition) is 4. The Morgan fingerprint density at radius 2 is 2.35 bits per heavy atom. The highest BCUT2D eigenvalue weighted by Crippen LogP contribution is 2.06. The largest absolute Gasteiger partial charge is 0.389 e. The third kappa shape index (κ3) is 5.22. The fourth-order valence-corrected chi connectivity index (χ4v) is 1.66. The van der Waals surface area contributed by atoms with E-state index in [0.29, 0.717) is 5.56 Å². The van der Waals surface area contributed by atoms with Crippen molar-refractivity contribution in [3.63, 3.8) is 0 Å². The molecule has 106 valence electrons. The van der Waals surface area contributed by atoms with Gasteiger partial charge in [0.15, 0.2) is 0 Å². The summed E-state index contributed by atoms with van der Waals surface area (Å²) in [5, 5.41) is 18.3. The summed E-state index contributed by atoms with van der Waals surface area (Å²) in [6.45, 7) is 0.390. The Bertz CT molecular complexity index is 520. The molecule has 0 fully saturated rings. The average molecular weight is 274 g/mol. The summed E-state index contributed by atoms with van der Waals surface area (Å²) in [6.07, 6.45) is 2.35. The standard InChI is InChI=1S/C15H18N2O3/c1-17(10-14(18)11-20-2)15(19)7-6-12-4-3-5-13(8-12)9-16/h3-8,14,18H,10-11H2,1-2H3. The van der Waals surface area contributed by atoms with Crippen molar-refractivity contribution in [3.8, 4) is 6.07 Å². The highest BCUT2D eigenvalue weighted by atomic mass is 16.5. The number of benzene rings is 1. The van der Waals surface area contributed by atoms with Gasteiger partial charge in [-0.25, -0.2) is 0 Å². The van der Waals surface area contributed by atoms with E-state index in [2.05, 4.69) is 0 Å². The van der Waals surface area contributed by atoms with Crippen molar-refractivity contribution in [3.05, 3.63) is 41.5 Å². The molecule has 1 atom stereocenters. The fourth-order valence-electron chi connectivity index (χ4n) is 1.66. The third-order valence-electron chi connectivity index (χ3n) is 2.65. The van der Waals surface area contributed by atoms with E-state index in [-0.39, 0.29) is 19.1 Å². The Kier molecular flexibility index (Phi) is 6.44. The van der Waals surface area contributed by atoms with Crippen LogP contribution in [0.3, 0.4) is 0 Å². The average Bonchev–Trinajstić information content (AvgIpc) is 2.45. The summed E-state index contributed by atoms with van der Waals surface area (Å²) >= 11 is 0. The molecule has 0 aliphatic carbocycles. The number of aliphatic hydroxyl groups is 1. The van der Waals surface area contributed by atoms with Crippen molar-refractivity contribution in [2.45, 2.75) is 6.10 Å². The van der Waals surface area contributed by atoms with E-state index in [1.54, 1.807) is 31.3 Å². The SMILES string of the molecule is COCC(O)CN(C)C(=O)C=Cc1cccc(C#N)c1. The summed E-state index contributed by atoms with van der Waals surface area (Å²) in [4.78, 5) is 13.2. The smallest absolute Gasteiger partial charge is 0.246 e. The summed E-state index contributed by atoms with van der Waals surface area (Å²) in [7, 11) is 3.10. The van der Waals surface area contributed by atoms with Crippen LogP contribution >= 0.6 is 0 Å². The second-order valence-corrected chi connectivity index (χ2v) is 4.40. The fraction of sp³-hybridized carbons (Fsp3) is 0.333. The Morgan fingerprint density at radius 1 is 1.60 bits per heavy atom. The van der Waals surface area contributed by atoms with Crippen LogP contribution in [0.5, 0.6) is 0 Å². The molecule has 0 aliphatic heterocycles. The number of carbonyl (C=O) groups excluding carboxylic acids is 1. The van der Waals surface area contributed by atoms with Crippen molar-refractivity contribution in [2.75, 3.05) is 27.3 Å². The molecule has 5 nitrogen and oxygen atoms in total. The molecule has 1 aromatic rings. The maximum atomic E-state index is 11.8. The Balaban J connectivity index is 2.60. The van der Waals surface area contributed by atoms with Crippen LogP contribution in [0.4, 0.5) is 0 Å². The first kappa shape index (κ1) is 15.9. The molecule has 1 rings (SSSR count). The molecule has 1 aromatic carbocycles. The molecule has 0 bridgehead atoms. The predicted octanol–water partition coefficient (Wildman–Crippen LogP) is 1.04. The molecule has 0 saturated carbocycles. The molecule has 1 unspecified atom stereocenters. The first-order chi connectivity index (χ1) is 9.56. The minimum atomic E-state index is -0.704. The van der Waals surface area contributed by atoms with Gasteiger partial charge < -0.3 is 14.7 Å². The Morgan fingerprint density at radius 3 is 3.00 bits per heavy atom. The van der Waals surface area contributed by atoms with Crippen molar-refractivity contribution >= 4 is 12.0 Å². The van der Waals surface area contributed by atoms with Gasteiger partial charge in [0.25, 0.3) is 0 Å². The molecule has 0 heterocycles. The van der Waals surface area contributed by atoms with Crippen LogP contribution in [0.25, 0.3) is 6.08 Å². The number of ether oxygens (including phenoxy) is 1. The van der Waals surface area contributed by atoms with E-state index >= 15 is 0 Å². The summed E-state index contributed by atoms with van der Waals surface area (Å²) in [5.41, 5.74) is 1.33. The van der Waals surface area contributed by atoms with Gasteiger partial charge in [0.1, 0.15) is 0 Å². The van der Waals surface area contributed by atoms with Gasteiger partial charge in [-0.1, -0.05) is 12.1 Å². The molecule has 0 aliphatic rings. The quantitative estimate of drug-likeness (QED) is 0.786. The van der Waals surface area contributed by atoms with Crippen molar-refractivity contribution in [1.82, 2.24) is 4.90 Å². The lowest BCUT2D eigenvalue weighted by molar-refractivity contribution is -0.126. The second kappa shape index (κ2) is 8.10. The lowest BCUT2D eigenvalue weighted by Gasteiger charge is -2.18. The van der Waals surface area contributed by atoms with Crippen LogP contribution in [-0.2, 0) is 9.53 Å². The van der Waals surface area contributed by atoms with Crippen LogP contribution in [0.15, 0.2) is 30.3 Å². The van der Waals surface area contributed by atoms with E-state index in [1.807, 2.05) is 12.1 Å². The number of carbonyl (C=O) groups is 1. The van der Waals surface area contributed by atoms with E-state index in [0.717, 1.165) is 5.56 Å². The topological polar surface area (TPSA) is 73.6 Å². The van der Waals surface area contributed by atoms with Gasteiger partial charge in [-0.2, -0.15) is 5.26 Å². The highest BCUT2D eigenvalue weighted by molar-refractivity contribution is 5.91. The molecule has 20 heavy (non-hydrogen) atoms. The predicted molar refractivity (Wildman–Crippen MR) is 75.7 cm³/mol. The number of nitrogens with zero attached hydrogens (tertiary/aromatic N) is 2. The van der Waals surface area contributed by atoms with Crippen LogP contribution < -0.4 is 0 Å². The Labute approximate surface area is 118 Å². The van der Waals surface area contributed by atoms with E-state index < -0.39 is 6.10 Å². The number of likely N-dealkylation sites (N-methyl/N-ethyl adjacent to an activating group) is 1. The van der Waals surface area contributed by atoms with Gasteiger partial charge in [0, 0.05) is 26.8 Å². The monoisotopic (exact) mass is 274 g/mol. The molecule has 1 N–H and O–H groups in total. The van der Waals surface area contributed by atoms with Crippen molar-refractivity contribution in [1.29, 1.82) is 5.26 Å². The minimum absolute atomic E-state index is 0.186. The van der Waals surface area contributed by atoms with Crippen LogP contribution in [0.2, 0.25) is 0 Å². The van der Waals surface area contributed by atoms with Crippen LogP contribution in [-0.4, -0.2) is 49.3 Å². The lowest BCUT2D eigenvalue weighted by Crippen LogP contribution is -2.35. The number of amides is 1. The minimum Gasteiger partial charge on any atom is -0.389 e. The molecule has 5 heteroatoms. The number of hydrogen-bond donors (Lipinski definition) is 1. The van der Waals surface area contributed by atoms with Gasteiger partial charge in [0.2, 0.25) is 5.91 Å². The number of rotatable bonds is 6. The van der Waals surface area contributed by atoms with Crippen LogP contribution in [0.1, 0.15) is 11.1 Å².